The molecule has 3 nitrogen and oxygen atoms in total. The second-order valence-electron chi connectivity index (χ2n) is 8.88. The van der Waals surface area contributed by atoms with Crippen molar-refractivity contribution in [3.8, 4) is 0 Å². The van der Waals surface area contributed by atoms with Gasteiger partial charge >= 0.3 is 0 Å². The van der Waals surface area contributed by atoms with Crippen LogP contribution in [0.2, 0.25) is 0 Å². The maximum atomic E-state index is 5.88. The Morgan fingerprint density at radius 3 is 1.92 bits per heavy atom. The number of nitrogens with two attached hydrogens (primary N) is 2. The molecule has 1 heterocycles. The van der Waals surface area contributed by atoms with Crippen molar-refractivity contribution in [3.63, 3.8) is 0 Å². The minimum Gasteiger partial charge on any atom is -0.405 e. The fourth-order valence-electron chi connectivity index (χ4n) is 5.65. The molecule has 3 heteroatoms. The highest BCUT2D eigenvalue weighted by molar-refractivity contribution is 6.32. The number of para-hydroxylation sites is 1. The zero-order valence-corrected chi connectivity index (χ0v) is 23.3. The number of hydrogen-bond acceptors (Lipinski definition) is 2. The summed E-state index contributed by atoms with van der Waals surface area (Å²) in [6.45, 7) is 16.6. The smallest absolute Gasteiger partial charge is 0.0625 e. The van der Waals surface area contributed by atoms with E-state index in [-0.39, 0.29) is 0 Å². The lowest BCUT2D eigenvalue weighted by Crippen LogP contribution is -1.99. The van der Waals surface area contributed by atoms with Crippen LogP contribution in [0.4, 0.5) is 0 Å². The highest BCUT2D eigenvalue weighted by atomic mass is 15.0. The van der Waals surface area contributed by atoms with Gasteiger partial charge in [-0.2, -0.15) is 0 Å². The molecule has 39 heavy (non-hydrogen) atoms. The first kappa shape index (κ1) is 27.3. The Morgan fingerprint density at radius 1 is 0.718 bits per heavy atom. The number of benzene rings is 4. The first-order chi connectivity index (χ1) is 19.1. The third kappa shape index (κ3) is 4.26. The van der Waals surface area contributed by atoms with E-state index in [1.807, 2.05) is 52.0 Å². The van der Waals surface area contributed by atoms with E-state index in [0.29, 0.717) is 0 Å². The molecule has 0 radical (unpaired) electrons. The first-order valence-electron chi connectivity index (χ1n) is 13.4. The Labute approximate surface area is 231 Å². The van der Waals surface area contributed by atoms with Crippen LogP contribution in [0.25, 0.3) is 66.8 Å². The molecule has 0 saturated carbocycles. The van der Waals surface area contributed by atoms with Crippen LogP contribution in [0, 0.1) is 0 Å². The molecule has 4 N–H and O–H groups in total. The molecule has 5 aromatic rings. The molecule has 0 spiro atoms. The summed E-state index contributed by atoms with van der Waals surface area (Å²) in [4.78, 5) is 0. The molecule has 0 bridgehead atoms. The predicted molar refractivity (Wildman–Crippen MR) is 176 cm³/mol. The van der Waals surface area contributed by atoms with E-state index >= 15 is 0 Å². The van der Waals surface area contributed by atoms with Gasteiger partial charge in [0.25, 0.3) is 0 Å². The Morgan fingerprint density at radius 2 is 1.33 bits per heavy atom. The van der Waals surface area contributed by atoms with Gasteiger partial charge in [0.15, 0.2) is 0 Å². The standard InChI is InChI=1S/C34H31N3.C2H6/c1-5-22(17-19-35)29-21-30-24(7-3)25(8-4)34-33(32(30)27-14-10-9-13-26(27)29)28-15-11-12-16-31(28)37(34)23(6-2)18-20-36;1-2/h5-21H,3-4,35-36H2,1-2H3;1-2H3/b19-17-,20-18-,22-5+,23-6+;. The van der Waals surface area contributed by atoms with Gasteiger partial charge in [-0.3, -0.25) is 0 Å². The Kier molecular flexibility index (Phi) is 8.21. The van der Waals surface area contributed by atoms with Crippen LogP contribution in [0.3, 0.4) is 0 Å². The van der Waals surface area contributed by atoms with E-state index in [9.17, 15) is 0 Å². The van der Waals surface area contributed by atoms with Gasteiger partial charge in [0.1, 0.15) is 0 Å². The maximum absolute atomic E-state index is 5.88. The second kappa shape index (κ2) is 11.7. The highest BCUT2D eigenvalue weighted by Crippen LogP contribution is 2.46. The van der Waals surface area contributed by atoms with Crippen molar-refractivity contribution in [3.05, 3.63) is 121 Å². The van der Waals surface area contributed by atoms with Crippen molar-refractivity contribution < 1.29 is 0 Å². The molecule has 0 amide bonds. The minimum absolute atomic E-state index is 0.997. The van der Waals surface area contributed by atoms with Gasteiger partial charge in [0.2, 0.25) is 0 Å². The zero-order valence-electron chi connectivity index (χ0n) is 23.3. The summed E-state index contributed by atoms with van der Waals surface area (Å²) in [7, 11) is 0. The lowest BCUT2D eigenvalue weighted by Gasteiger charge is -2.18. The minimum atomic E-state index is 0.997. The number of rotatable bonds is 6. The molecular formula is C36H37N3. The topological polar surface area (TPSA) is 57.0 Å². The van der Waals surface area contributed by atoms with Crippen molar-refractivity contribution in [2.75, 3.05) is 0 Å². The van der Waals surface area contributed by atoms with Gasteiger partial charge in [-0.05, 0) is 83.4 Å². The summed E-state index contributed by atoms with van der Waals surface area (Å²) < 4.78 is 2.29. The van der Waals surface area contributed by atoms with Crippen molar-refractivity contribution in [1.29, 1.82) is 0 Å². The predicted octanol–water partition coefficient (Wildman–Crippen LogP) is 9.62. The molecular weight excluding hydrogens is 474 g/mol. The molecule has 4 aromatic carbocycles. The monoisotopic (exact) mass is 511 g/mol. The van der Waals surface area contributed by atoms with Crippen molar-refractivity contribution in [2.24, 2.45) is 11.5 Å². The summed E-state index contributed by atoms with van der Waals surface area (Å²) in [5, 5.41) is 7.06. The second-order valence-corrected chi connectivity index (χ2v) is 8.88. The molecule has 1 aromatic heterocycles. The molecule has 196 valence electrons. The van der Waals surface area contributed by atoms with Gasteiger partial charge < -0.3 is 16.0 Å². The Hall–Kier alpha value is -4.76. The third-order valence-electron chi connectivity index (χ3n) is 7.13. The Balaban J connectivity index is 0.00000172. The molecule has 0 aliphatic carbocycles. The average molecular weight is 512 g/mol. The lowest BCUT2D eigenvalue weighted by molar-refractivity contribution is 1.22. The van der Waals surface area contributed by atoms with Gasteiger partial charge in [-0.25, -0.2) is 0 Å². The van der Waals surface area contributed by atoms with E-state index in [2.05, 4.69) is 84.5 Å². The lowest BCUT2D eigenvalue weighted by atomic mass is 9.87. The molecule has 5 rings (SSSR count). The normalized spacial score (nSPS) is 12.6. The maximum Gasteiger partial charge on any atom is 0.0625 e. The van der Waals surface area contributed by atoms with E-state index in [1.54, 1.807) is 12.4 Å². The van der Waals surface area contributed by atoms with Gasteiger partial charge in [-0.15, -0.1) is 0 Å². The van der Waals surface area contributed by atoms with Crippen molar-refractivity contribution in [2.45, 2.75) is 27.7 Å². The molecule has 0 fully saturated rings. The number of allylic oxidation sites excluding steroid dienone is 6. The van der Waals surface area contributed by atoms with Crippen molar-refractivity contribution in [1.82, 2.24) is 4.57 Å². The van der Waals surface area contributed by atoms with E-state index in [1.165, 1.54) is 26.9 Å². The SMILES string of the molecule is C=Cc1c(C=C)c2c(c3ccccc3n2C(/C=C\N)=C/C)c2c1cc(C(/C=C\N)=C/C)c1ccccc12.CC. The van der Waals surface area contributed by atoms with Crippen LogP contribution in [0.5, 0.6) is 0 Å². The van der Waals surface area contributed by atoms with Crippen LogP contribution >= 0.6 is 0 Å². The summed E-state index contributed by atoms with van der Waals surface area (Å²) >= 11 is 0. The highest BCUT2D eigenvalue weighted by Gasteiger charge is 2.22. The number of fused-ring (bicyclic) bond motifs is 7. The summed E-state index contributed by atoms with van der Waals surface area (Å²) in [5.74, 6) is 0. The molecule has 0 aliphatic rings. The first-order valence-corrected chi connectivity index (χ1v) is 13.4. The van der Waals surface area contributed by atoms with Crippen LogP contribution < -0.4 is 11.5 Å². The number of aromatic nitrogens is 1. The molecule has 0 atom stereocenters. The zero-order chi connectivity index (χ0) is 28.1. The molecule has 0 aliphatic heterocycles. The number of nitrogens with zero attached hydrogens (tertiary/aromatic N) is 1. The quantitative estimate of drug-likeness (QED) is 0.176. The van der Waals surface area contributed by atoms with E-state index < -0.39 is 0 Å². The third-order valence-corrected chi connectivity index (χ3v) is 7.13. The van der Waals surface area contributed by atoms with Crippen LogP contribution in [0.1, 0.15) is 44.4 Å². The number of hydrogen-bond donors (Lipinski definition) is 2. The summed E-state index contributed by atoms with van der Waals surface area (Å²) in [6.07, 6.45) is 15.1. The van der Waals surface area contributed by atoms with E-state index in [0.717, 1.165) is 44.4 Å². The molecule has 0 saturated heterocycles. The summed E-state index contributed by atoms with van der Waals surface area (Å²) in [6, 6.07) is 19.4. The summed E-state index contributed by atoms with van der Waals surface area (Å²) in [5.41, 5.74) is 19.2. The average Bonchev–Trinajstić information content (AvgIpc) is 3.33. The van der Waals surface area contributed by atoms with Gasteiger partial charge in [0.05, 0.1) is 11.0 Å². The fraction of sp³-hybridized carbons (Fsp3) is 0.111. The van der Waals surface area contributed by atoms with Gasteiger partial charge in [0, 0.05) is 27.4 Å². The largest absolute Gasteiger partial charge is 0.405 e. The van der Waals surface area contributed by atoms with Crippen LogP contribution in [-0.4, -0.2) is 4.57 Å². The fourth-order valence-corrected chi connectivity index (χ4v) is 5.65. The van der Waals surface area contributed by atoms with Gasteiger partial charge in [-0.1, -0.05) is 93.8 Å². The Bertz CT molecular complexity index is 1840. The van der Waals surface area contributed by atoms with Crippen LogP contribution in [0.15, 0.2) is 104 Å². The van der Waals surface area contributed by atoms with Crippen LogP contribution in [-0.2, 0) is 0 Å². The van der Waals surface area contributed by atoms with Crippen molar-refractivity contribution >= 4 is 66.8 Å². The van der Waals surface area contributed by atoms with E-state index in [4.69, 9.17) is 11.5 Å². The molecule has 0 unspecified atom stereocenters.